The maximum atomic E-state index is 11.2. The zero-order valence-corrected chi connectivity index (χ0v) is 10.4. The molecular weight excluding hydrogens is 204 g/mol. The first-order valence-corrected chi connectivity index (χ1v) is 6.09. The Morgan fingerprint density at radius 2 is 1.56 bits per heavy atom. The summed E-state index contributed by atoms with van der Waals surface area (Å²) >= 11 is 0. The van der Waals surface area contributed by atoms with Crippen molar-refractivity contribution in [2.24, 2.45) is 23.3 Å². The molecule has 0 rings (SSSR count). The van der Waals surface area contributed by atoms with Crippen LogP contribution >= 0.6 is 0 Å². The van der Waals surface area contributed by atoms with E-state index < -0.39 is 23.7 Å². The number of amides is 2. The van der Waals surface area contributed by atoms with E-state index in [-0.39, 0.29) is 0 Å². The lowest BCUT2D eigenvalue weighted by molar-refractivity contribution is -0.131. The molecule has 0 spiro atoms. The first kappa shape index (κ1) is 14.9. The Hall–Kier alpha value is -1.06. The molecule has 94 valence electrons. The van der Waals surface area contributed by atoms with E-state index in [0.717, 1.165) is 12.8 Å². The van der Waals surface area contributed by atoms with E-state index in [1.807, 2.05) is 0 Å². The summed E-state index contributed by atoms with van der Waals surface area (Å²) in [4.78, 5) is 22.2. The monoisotopic (exact) mass is 228 g/mol. The van der Waals surface area contributed by atoms with Gasteiger partial charge in [0.05, 0.1) is 0 Å². The van der Waals surface area contributed by atoms with Gasteiger partial charge in [-0.3, -0.25) is 9.59 Å². The van der Waals surface area contributed by atoms with Crippen LogP contribution in [0.2, 0.25) is 0 Å². The van der Waals surface area contributed by atoms with E-state index in [0.29, 0.717) is 6.42 Å². The molecule has 4 heteroatoms. The molecule has 2 unspecified atom stereocenters. The average Bonchev–Trinajstić information content (AvgIpc) is 2.21. The molecule has 2 atom stereocenters. The Labute approximate surface area is 97.8 Å². The van der Waals surface area contributed by atoms with Crippen molar-refractivity contribution in [2.75, 3.05) is 0 Å². The summed E-state index contributed by atoms with van der Waals surface area (Å²) in [5.74, 6) is -1.72. The van der Waals surface area contributed by atoms with Crippen molar-refractivity contribution >= 4 is 11.8 Å². The third kappa shape index (κ3) is 5.73. The minimum Gasteiger partial charge on any atom is -0.369 e. The van der Waals surface area contributed by atoms with Gasteiger partial charge in [0.2, 0.25) is 11.8 Å². The van der Waals surface area contributed by atoms with E-state index in [4.69, 9.17) is 11.5 Å². The van der Waals surface area contributed by atoms with Gasteiger partial charge >= 0.3 is 0 Å². The van der Waals surface area contributed by atoms with Gasteiger partial charge in [0.15, 0.2) is 0 Å². The van der Waals surface area contributed by atoms with E-state index in [1.54, 1.807) is 6.92 Å². The zero-order valence-electron chi connectivity index (χ0n) is 10.4. The van der Waals surface area contributed by atoms with E-state index in [2.05, 4.69) is 6.92 Å². The fourth-order valence-electron chi connectivity index (χ4n) is 1.80. The number of rotatable bonds is 9. The van der Waals surface area contributed by atoms with Gasteiger partial charge in [-0.15, -0.1) is 0 Å². The molecule has 2 amide bonds. The molecule has 0 aromatic heterocycles. The van der Waals surface area contributed by atoms with Crippen molar-refractivity contribution in [1.29, 1.82) is 0 Å². The zero-order chi connectivity index (χ0) is 12.6. The Morgan fingerprint density at radius 1 is 1.00 bits per heavy atom. The predicted molar refractivity (Wildman–Crippen MR) is 64.4 cm³/mol. The highest BCUT2D eigenvalue weighted by Gasteiger charge is 2.26. The van der Waals surface area contributed by atoms with E-state index in [9.17, 15) is 9.59 Å². The number of hydrogen-bond donors (Lipinski definition) is 2. The molecule has 0 bridgehead atoms. The molecule has 0 aromatic rings. The quantitative estimate of drug-likeness (QED) is 0.587. The molecule has 16 heavy (non-hydrogen) atoms. The lowest BCUT2D eigenvalue weighted by atomic mass is 9.88. The highest BCUT2D eigenvalue weighted by Crippen LogP contribution is 2.19. The van der Waals surface area contributed by atoms with E-state index in [1.165, 1.54) is 19.3 Å². The van der Waals surface area contributed by atoms with Crippen molar-refractivity contribution in [2.45, 2.75) is 52.4 Å². The lowest BCUT2D eigenvalue weighted by Gasteiger charge is -2.17. The van der Waals surface area contributed by atoms with Crippen LogP contribution in [0.25, 0.3) is 0 Å². The van der Waals surface area contributed by atoms with Gasteiger partial charge in [0.25, 0.3) is 0 Å². The molecule has 4 nitrogen and oxygen atoms in total. The van der Waals surface area contributed by atoms with Gasteiger partial charge in [-0.1, -0.05) is 46.0 Å². The number of primary amides is 2. The number of unbranched alkanes of at least 4 members (excludes halogenated alkanes) is 4. The van der Waals surface area contributed by atoms with Gasteiger partial charge in [-0.05, 0) is 6.42 Å². The highest BCUT2D eigenvalue weighted by atomic mass is 16.2. The topological polar surface area (TPSA) is 86.2 Å². The molecule has 0 aliphatic rings. The molecule has 0 saturated heterocycles. The molecule has 0 fully saturated rings. The van der Waals surface area contributed by atoms with Gasteiger partial charge in [0.1, 0.15) is 0 Å². The van der Waals surface area contributed by atoms with Gasteiger partial charge in [-0.25, -0.2) is 0 Å². The summed E-state index contributed by atoms with van der Waals surface area (Å²) < 4.78 is 0. The maximum absolute atomic E-state index is 11.2. The van der Waals surface area contributed by atoms with Crippen molar-refractivity contribution in [3.8, 4) is 0 Å². The lowest BCUT2D eigenvalue weighted by Crippen LogP contribution is -2.36. The Balaban J connectivity index is 3.96. The van der Waals surface area contributed by atoms with Crippen molar-refractivity contribution in [3.63, 3.8) is 0 Å². The normalized spacial score (nSPS) is 14.4. The highest BCUT2D eigenvalue weighted by molar-refractivity contribution is 5.85. The summed E-state index contributed by atoms with van der Waals surface area (Å²) in [6.45, 7) is 3.82. The van der Waals surface area contributed by atoms with Crippen molar-refractivity contribution < 1.29 is 9.59 Å². The van der Waals surface area contributed by atoms with Crippen LogP contribution in [0, 0.1) is 11.8 Å². The van der Waals surface area contributed by atoms with Gasteiger partial charge in [0, 0.05) is 11.8 Å². The molecule has 0 aromatic carbocycles. The molecule has 0 radical (unpaired) electrons. The number of nitrogens with two attached hydrogens (primary N) is 2. The van der Waals surface area contributed by atoms with Crippen LogP contribution in [-0.4, -0.2) is 11.8 Å². The molecule has 0 saturated carbocycles. The number of hydrogen-bond acceptors (Lipinski definition) is 2. The summed E-state index contributed by atoms with van der Waals surface area (Å²) in [6.07, 6.45) is 6.27. The summed E-state index contributed by atoms with van der Waals surface area (Å²) in [7, 11) is 0. The van der Waals surface area contributed by atoms with Crippen LogP contribution in [-0.2, 0) is 9.59 Å². The first-order chi connectivity index (χ1) is 7.50. The SMILES string of the molecule is CCCCCCCC(C(N)=O)C(C)C(N)=O. The van der Waals surface area contributed by atoms with Crippen molar-refractivity contribution in [3.05, 3.63) is 0 Å². The smallest absolute Gasteiger partial charge is 0.221 e. The largest absolute Gasteiger partial charge is 0.369 e. The molecule has 0 aliphatic carbocycles. The van der Waals surface area contributed by atoms with Gasteiger partial charge < -0.3 is 11.5 Å². The van der Waals surface area contributed by atoms with Crippen LogP contribution < -0.4 is 11.5 Å². The standard InChI is InChI=1S/C12H24N2O2/c1-3-4-5-6-7-8-10(12(14)16)9(2)11(13)15/h9-10H,3-8H2,1-2H3,(H2,13,15)(H2,14,16). The fourth-order valence-corrected chi connectivity index (χ4v) is 1.80. The van der Waals surface area contributed by atoms with Crippen LogP contribution in [0.3, 0.4) is 0 Å². The number of carbonyl (C=O) groups is 2. The first-order valence-electron chi connectivity index (χ1n) is 6.09. The predicted octanol–water partition coefficient (Wildman–Crippen LogP) is 1.57. The third-order valence-corrected chi connectivity index (χ3v) is 3.04. The Bertz CT molecular complexity index is 229. The molecule has 0 heterocycles. The van der Waals surface area contributed by atoms with E-state index >= 15 is 0 Å². The van der Waals surface area contributed by atoms with Crippen molar-refractivity contribution in [1.82, 2.24) is 0 Å². The molecule has 4 N–H and O–H groups in total. The van der Waals surface area contributed by atoms with Crippen LogP contribution in [0.5, 0.6) is 0 Å². The minimum atomic E-state index is -0.455. The summed E-state index contributed by atoms with van der Waals surface area (Å²) in [5.41, 5.74) is 10.4. The maximum Gasteiger partial charge on any atom is 0.221 e. The van der Waals surface area contributed by atoms with Crippen LogP contribution in [0.4, 0.5) is 0 Å². The summed E-state index contributed by atoms with van der Waals surface area (Å²) in [5, 5.41) is 0. The van der Waals surface area contributed by atoms with Crippen LogP contribution in [0.15, 0.2) is 0 Å². The molecule has 0 aliphatic heterocycles. The fraction of sp³-hybridized carbons (Fsp3) is 0.833. The second-order valence-electron chi connectivity index (χ2n) is 4.40. The average molecular weight is 228 g/mol. The minimum absolute atomic E-state index is 0.404. The molecular formula is C12H24N2O2. The summed E-state index contributed by atoms with van der Waals surface area (Å²) in [6, 6.07) is 0. The Kier molecular flexibility index (Phi) is 7.60. The van der Waals surface area contributed by atoms with Gasteiger partial charge in [-0.2, -0.15) is 0 Å². The second kappa shape index (κ2) is 8.13. The number of carbonyl (C=O) groups excluding carboxylic acids is 2. The Morgan fingerprint density at radius 3 is 2.00 bits per heavy atom. The second-order valence-corrected chi connectivity index (χ2v) is 4.40. The third-order valence-electron chi connectivity index (χ3n) is 3.04. The van der Waals surface area contributed by atoms with Crippen LogP contribution in [0.1, 0.15) is 52.4 Å².